The number of carbonyl (C=O) groups excluding carboxylic acids is 2. The van der Waals surface area contributed by atoms with Gasteiger partial charge in [0.1, 0.15) is 6.10 Å². The van der Waals surface area contributed by atoms with Gasteiger partial charge in [-0.15, -0.1) is 0 Å². The van der Waals surface area contributed by atoms with Crippen molar-refractivity contribution in [3.63, 3.8) is 0 Å². The lowest BCUT2D eigenvalue weighted by molar-refractivity contribution is -0.150. The van der Waals surface area contributed by atoms with Crippen LogP contribution in [0.4, 0.5) is 4.79 Å². The Morgan fingerprint density at radius 3 is 1.48 bits per heavy atom. The predicted molar refractivity (Wildman–Crippen MR) is 242 cm³/mol. The van der Waals surface area contributed by atoms with Crippen LogP contribution in [0.1, 0.15) is 226 Å². The lowest BCUT2D eigenvalue weighted by Gasteiger charge is -2.31. The van der Waals surface area contributed by atoms with Crippen molar-refractivity contribution < 1.29 is 33.6 Å². The van der Waals surface area contributed by atoms with E-state index in [0.717, 1.165) is 116 Å². The molecule has 0 bridgehead atoms. The molecule has 0 aromatic rings. The van der Waals surface area contributed by atoms with E-state index >= 15 is 0 Å². The van der Waals surface area contributed by atoms with Crippen LogP contribution in [0.15, 0.2) is 0 Å². The number of hydrogen-bond acceptors (Lipinski definition) is 9. The van der Waals surface area contributed by atoms with Crippen LogP contribution in [-0.4, -0.2) is 105 Å². The standard InChI is InChI=1S/C49H96N2O7/c1-4-7-10-13-16-17-18-24-31-40-56-49(54)57-41-32-25-30-37-50(44-46(52)45-51-38-42-55-43-39-51)36-29-23-19-22-28-35-48(53)58-47(33-26-20-14-11-8-5-2)34-27-21-15-12-9-6-3/h46-47,52H,4-45H2,1-3H3. The number of aliphatic hydroxyl groups excluding tert-OH is 1. The molecule has 0 aromatic heterocycles. The molecule has 9 nitrogen and oxygen atoms in total. The Labute approximate surface area is 358 Å². The average molecular weight is 825 g/mol. The summed E-state index contributed by atoms with van der Waals surface area (Å²) in [5, 5.41) is 11.0. The van der Waals surface area contributed by atoms with Crippen LogP contribution in [0.3, 0.4) is 0 Å². The van der Waals surface area contributed by atoms with Gasteiger partial charge in [0.15, 0.2) is 0 Å². The number of carbonyl (C=O) groups is 2. The van der Waals surface area contributed by atoms with E-state index < -0.39 is 6.16 Å². The van der Waals surface area contributed by atoms with Gasteiger partial charge in [-0.1, -0.05) is 156 Å². The number of aliphatic hydroxyl groups is 1. The first-order valence-electron chi connectivity index (χ1n) is 25.2. The van der Waals surface area contributed by atoms with Gasteiger partial charge >= 0.3 is 12.1 Å². The molecule has 0 aromatic carbocycles. The lowest BCUT2D eigenvalue weighted by Crippen LogP contribution is -2.45. The van der Waals surface area contributed by atoms with Crippen molar-refractivity contribution in [2.45, 2.75) is 238 Å². The summed E-state index contributed by atoms with van der Waals surface area (Å²) < 4.78 is 22.2. The highest BCUT2D eigenvalue weighted by molar-refractivity contribution is 5.69. The molecule has 0 amide bonds. The monoisotopic (exact) mass is 825 g/mol. The van der Waals surface area contributed by atoms with Gasteiger partial charge in [-0.2, -0.15) is 0 Å². The molecular formula is C49H96N2O7. The van der Waals surface area contributed by atoms with Crippen LogP contribution in [0.5, 0.6) is 0 Å². The Kier molecular flexibility index (Phi) is 39.8. The van der Waals surface area contributed by atoms with Crippen LogP contribution in [0.25, 0.3) is 0 Å². The number of rotatable bonds is 43. The highest BCUT2D eigenvalue weighted by Gasteiger charge is 2.18. The summed E-state index contributed by atoms with van der Waals surface area (Å²) in [6, 6.07) is 0. The number of nitrogens with zero attached hydrogens (tertiary/aromatic N) is 2. The van der Waals surface area contributed by atoms with Crippen molar-refractivity contribution >= 4 is 12.1 Å². The third-order valence-corrected chi connectivity index (χ3v) is 11.8. The Balaban J connectivity index is 2.31. The van der Waals surface area contributed by atoms with E-state index in [0.29, 0.717) is 32.7 Å². The normalized spacial score (nSPS) is 14.0. The maximum absolute atomic E-state index is 12.8. The molecule has 1 heterocycles. The summed E-state index contributed by atoms with van der Waals surface area (Å²) >= 11 is 0. The van der Waals surface area contributed by atoms with Crippen molar-refractivity contribution in [1.29, 1.82) is 0 Å². The van der Waals surface area contributed by atoms with Crippen LogP contribution in [-0.2, 0) is 23.7 Å². The first-order valence-corrected chi connectivity index (χ1v) is 25.2. The molecule has 1 unspecified atom stereocenters. The number of unbranched alkanes of at least 4 members (excludes halogenated alkanes) is 24. The number of hydrogen-bond donors (Lipinski definition) is 1. The summed E-state index contributed by atoms with van der Waals surface area (Å²) in [4.78, 5) is 29.6. The minimum absolute atomic E-state index is 0.00114. The Bertz CT molecular complexity index is 871. The van der Waals surface area contributed by atoms with Crippen LogP contribution < -0.4 is 0 Å². The molecule has 1 aliphatic rings. The van der Waals surface area contributed by atoms with E-state index in [9.17, 15) is 14.7 Å². The molecule has 9 heteroatoms. The van der Waals surface area contributed by atoms with Gasteiger partial charge in [0.25, 0.3) is 0 Å². The molecule has 344 valence electrons. The van der Waals surface area contributed by atoms with Gasteiger partial charge in [0, 0.05) is 32.6 Å². The van der Waals surface area contributed by atoms with Gasteiger partial charge in [0.05, 0.1) is 32.5 Å². The van der Waals surface area contributed by atoms with Gasteiger partial charge in [-0.25, -0.2) is 4.79 Å². The first-order chi connectivity index (χ1) is 28.5. The zero-order valence-electron chi connectivity index (χ0n) is 38.6. The molecule has 1 aliphatic heterocycles. The molecule has 1 N–H and O–H groups in total. The maximum atomic E-state index is 12.8. The quantitative estimate of drug-likeness (QED) is 0.0476. The summed E-state index contributed by atoms with van der Waals surface area (Å²) in [7, 11) is 0. The predicted octanol–water partition coefficient (Wildman–Crippen LogP) is 12.6. The molecule has 0 saturated carbocycles. The van der Waals surface area contributed by atoms with Gasteiger partial charge in [-0.05, 0) is 77.3 Å². The van der Waals surface area contributed by atoms with E-state index in [1.165, 1.54) is 122 Å². The number of morpholine rings is 1. The smallest absolute Gasteiger partial charge is 0.462 e. The zero-order chi connectivity index (χ0) is 42.0. The Morgan fingerprint density at radius 1 is 0.569 bits per heavy atom. The second-order valence-corrected chi connectivity index (χ2v) is 17.4. The fraction of sp³-hybridized carbons (Fsp3) is 0.959. The van der Waals surface area contributed by atoms with E-state index in [-0.39, 0.29) is 18.2 Å². The largest absolute Gasteiger partial charge is 0.508 e. The summed E-state index contributed by atoms with van der Waals surface area (Å²) in [6.07, 6.45) is 36.2. The molecule has 0 radical (unpaired) electrons. The second-order valence-electron chi connectivity index (χ2n) is 17.4. The third kappa shape index (κ3) is 36.4. The minimum Gasteiger partial charge on any atom is -0.462 e. The second kappa shape index (κ2) is 42.3. The van der Waals surface area contributed by atoms with Crippen molar-refractivity contribution in [3.05, 3.63) is 0 Å². The molecule has 1 fully saturated rings. The van der Waals surface area contributed by atoms with Crippen molar-refractivity contribution in [1.82, 2.24) is 9.80 Å². The molecule has 1 atom stereocenters. The summed E-state index contributed by atoms with van der Waals surface area (Å²) in [5.41, 5.74) is 0. The molecule has 1 rings (SSSR count). The zero-order valence-corrected chi connectivity index (χ0v) is 38.6. The molecular weight excluding hydrogens is 729 g/mol. The molecule has 58 heavy (non-hydrogen) atoms. The highest BCUT2D eigenvalue weighted by Crippen LogP contribution is 2.19. The number of esters is 1. The fourth-order valence-corrected chi connectivity index (χ4v) is 8.06. The fourth-order valence-electron chi connectivity index (χ4n) is 8.06. The topological polar surface area (TPSA) is 97.8 Å². The van der Waals surface area contributed by atoms with Crippen LogP contribution >= 0.6 is 0 Å². The van der Waals surface area contributed by atoms with Crippen LogP contribution in [0.2, 0.25) is 0 Å². The summed E-state index contributed by atoms with van der Waals surface area (Å²) in [6.45, 7) is 14.1. The summed E-state index contributed by atoms with van der Waals surface area (Å²) in [5.74, 6) is -0.00114. The molecule has 1 saturated heterocycles. The highest BCUT2D eigenvalue weighted by atomic mass is 16.7. The van der Waals surface area contributed by atoms with E-state index in [1.807, 2.05) is 0 Å². The minimum atomic E-state index is -0.541. The van der Waals surface area contributed by atoms with Crippen molar-refractivity contribution in [2.75, 3.05) is 65.7 Å². The Morgan fingerprint density at radius 2 is 0.983 bits per heavy atom. The van der Waals surface area contributed by atoms with Gasteiger partial charge in [-0.3, -0.25) is 9.69 Å². The average Bonchev–Trinajstić information content (AvgIpc) is 3.22. The van der Waals surface area contributed by atoms with Crippen LogP contribution in [0, 0.1) is 0 Å². The van der Waals surface area contributed by atoms with E-state index in [2.05, 4.69) is 30.6 Å². The van der Waals surface area contributed by atoms with Gasteiger partial charge in [0.2, 0.25) is 0 Å². The number of β-amino-alcohol motifs (C(OH)–C–C–N with tert-alkyl or cyclic N) is 1. The van der Waals surface area contributed by atoms with E-state index in [1.54, 1.807) is 0 Å². The SMILES string of the molecule is CCCCCCCCCCCOC(=O)OCCCCCN(CCCCCCCC(=O)OC(CCCCCCCC)CCCCCCCC)CC(O)CN1CCOCC1. The van der Waals surface area contributed by atoms with E-state index in [4.69, 9.17) is 18.9 Å². The third-order valence-electron chi connectivity index (χ3n) is 11.8. The van der Waals surface area contributed by atoms with Crippen molar-refractivity contribution in [3.8, 4) is 0 Å². The molecule has 0 aliphatic carbocycles. The lowest BCUT2D eigenvalue weighted by atomic mass is 10.0. The Hall–Kier alpha value is -1.42. The first kappa shape index (κ1) is 54.6. The molecule has 0 spiro atoms. The van der Waals surface area contributed by atoms with Gasteiger partial charge < -0.3 is 29.0 Å². The maximum Gasteiger partial charge on any atom is 0.508 e. The van der Waals surface area contributed by atoms with Crippen molar-refractivity contribution in [2.24, 2.45) is 0 Å². The number of ether oxygens (including phenoxy) is 4.